The molecule has 12 heteroatoms. The van der Waals surface area contributed by atoms with Crippen molar-refractivity contribution in [3.63, 3.8) is 0 Å². The number of methoxy groups -OCH3 is 1. The monoisotopic (exact) mass is 481 g/mol. The van der Waals surface area contributed by atoms with Crippen LogP contribution in [0.4, 0.5) is 17.2 Å². The van der Waals surface area contributed by atoms with Crippen LogP contribution in [0, 0.1) is 0 Å². The van der Waals surface area contributed by atoms with Crippen molar-refractivity contribution in [2.75, 3.05) is 22.0 Å². The van der Waals surface area contributed by atoms with Crippen LogP contribution >= 0.6 is 0 Å². The van der Waals surface area contributed by atoms with Crippen molar-refractivity contribution < 1.29 is 27.5 Å². The third-order valence-electron chi connectivity index (χ3n) is 4.93. The highest BCUT2D eigenvalue weighted by molar-refractivity contribution is 7.92. The van der Waals surface area contributed by atoms with Gasteiger partial charge in [0.25, 0.3) is 21.8 Å². The maximum Gasteiger partial charge on any atom is 0.263 e. The molecule has 3 aromatic rings. The first-order chi connectivity index (χ1) is 16.3. The van der Waals surface area contributed by atoms with E-state index in [1.807, 2.05) is 0 Å². The molecule has 0 aliphatic carbocycles. The van der Waals surface area contributed by atoms with Crippen LogP contribution in [0.1, 0.15) is 23.2 Å². The van der Waals surface area contributed by atoms with Crippen LogP contribution in [-0.4, -0.2) is 43.2 Å². The molecule has 1 aromatic heterocycles. The van der Waals surface area contributed by atoms with E-state index in [4.69, 9.17) is 4.74 Å². The maximum atomic E-state index is 12.7. The highest BCUT2D eigenvalue weighted by Gasteiger charge is 2.30. The zero-order valence-electron chi connectivity index (χ0n) is 17.9. The Balaban J connectivity index is 1.48. The van der Waals surface area contributed by atoms with Crippen LogP contribution < -0.4 is 19.7 Å². The number of hydrogen-bond donors (Lipinski definition) is 2. The summed E-state index contributed by atoms with van der Waals surface area (Å²) in [6, 6.07) is 11.6. The van der Waals surface area contributed by atoms with E-state index in [1.54, 1.807) is 18.2 Å². The van der Waals surface area contributed by atoms with Gasteiger partial charge in [0.1, 0.15) is 0 Å². The summed E-state index contributed by atoms with van der Waals surface area (Å²) in [5, 5.41) is 2.66. The Labute approximate surface area is 194 Å². The van der Waals surface area contributed by atoms with Gasteiger partial charge in [-0.25, -0.2) is 18.4 Å². The second-order valence-electron chi connectivity index (χ2n) is 7.17. The molecule has 3 amide bonds. The number of hydrogen-bond acceptors (Lipinski definition) is 8. The first-order valence-electron chi connectivity index (χ1n) is 10.0. The number of aromatic nitrogens is 2. The van der Waals surface area contributed by atoms with Gasteiger partial charge in [0.2, 0.25) is 17.6 Å². The lowest BCUT2D eigenvalue weighted by Crippen LogP contribution is -2.28. The molecule has 0 bridgehead atoms. The fourth-order valence-corrected chi connectivity index (χ4v) is 4.31. The number of sulfonamides is 1. The van der Waals surface area contributed by atoms with Gasteiger partial charge >= 0.3 is 0 Å². The second kappa shape index (κ2) is 9.27. The Bertz CT molecular complexity index is 1360. The third kappa shape index (κ3) is 4.71. The molecule has 0 spiro atoms. The minimum absolute atomic E-state index is 0.0227. The number of anilines is 3. The quantitative estimate of drug-likeness (QED) is 0.488. The number of ether oxygens (including phenoxy) is 1. The molecule has 2 N–H and O–H groups in total. The Morgan fingerprint density at radius 2 is 1.68 bits per heavy atom. The number of amides is 3. The van der Waals surface area contributed by atoms with Gasteiger partial charge in [0.05, 0.1) is 17.7 Å². The predicted octanol–water partition coefficient (Wildman–Crippen LogP) is 2.19. The summed E-state index contributed by atoms with van der Waals surface area (Å²) < 4.78 is 32.6. The minimum Gasteiger partial charge on any atom is -0.478 e. The average Bonchev–Trinajstić information content (AvgIpc) is 3.17. The molecule has 1 saturated heterocycles. The van der Waals surface area contributed by atoms with Crippen molar-refractivity contribution >= 4 is 44.9 Å². The van der Waals surface area contributed by atoms with E-state index in [9.17, 15) is 22.8 Å². The Morgan fingerprint density at radius 3 is 2.35 bits per heavy atom. The molecular formula is C22H19N5O6S. The fraction of sp³-hybridized carbons (Fsp3) is 0.136. The summed E-state index contributed by atoms with van der Waals surface area (Å²) in [4.78, 5) is 45.4. The van der Waals surface area contributed by atoms with Crippen LogP contribution in [0.25, 0.3) is 0 Å². The average molecular weight is 481 g/mol. The normalized spacial score (nSPS) is 13.6. The zero-order valence-corrected chi connectivity index (χ0v) is 18.7. The number of nitrogens with zero attached hydrogens (tertiary/aromatic N) is 3. The molecule has 11 nitrogen and oxygen atoms in total. The minimum atomic E-state index is -3.98. The van der Waals surface area contributed by atoms with E-state index >= 15 is 0 Å². The van der Waals surface area contributed by atoms with Crippen molar-refractivity contribution in [1.29, 1.82) is 0 Å². The number of carbonyl (C=O) groups excluding carboxylic acids is 3. The Hall–Kier alpha value is -4.32. The van der Waals surface area contributed by atoms with Gasteiger partial charge in [0, 0.05) is 36.5 Å². The molecule has 0 unspecified atom stereocenters. The molecule has 0 atom stereocenters. The molecule has 1 aliphatic heterocycles. The van der Waals surface area contributed by atoms with Crippen molar-refractivity contribution in [3.05, 3.63) is 66.5 Å². The maximum absolute atomic E-state index is 12.7. The Morgan fingerprint density at radius 1 is 1.00 bits per heavy atom. The lowest BCUT2D eigenvalue weighted by Gasteiger charge is -2.15. The van der Waals surface area contributed by atoms with Crippen LogP contribution in [0.5, 0.6) is 5.88 Å². The summed E-state index contributed by atoms with van der Waals surface area (Å²) in [5.74, 6) is -1.15. The number of carbonyl (C=O) groups is 3. The van der Waals surface area contributed by atoms with Gasteiger partial charge in [-0.15, -0.1) is 0 Å². The molecular weight excluding hydrogens is 462 g/mol. The number of nitrogens with one attached hydrogen (secondary N) is 2. The molecule has 0 saturated carbocycles. The highest BCUT2D eigenvalue weighted by atomic mass is 32.2. The molecule has 0 radical (unpaired) electrons. The summed E-state index contributed by atoms with van der Waals surface area (Å²) >= 11 is 0. The highest BCUT2D eigenvalue weighted by Crippen LogP contribution is 2.25. The largest absolute Gasteiger partial charge is 0.478 e. The van der Waals surface area contributed by atoms with Crippen LogP contribution in [0.2, 0.25) is 0 Å². The first kappa shape index (κ1) is 22.9. The van der Waals surface area contributed by atoms with Gasteiger partial charge in [0.15, 0.2) is 0 Å². The van der Waals surface area contributed by atoms with E-state index in [0.29, 0.717) is 11.4 Å². The summed E-state index contributed by atoms with van der Waals surface area (Å²) in [6.45, 7) is 0. The molecule has 4 rings (SSSR count). The van der Waals surface area contributed by atoms with Crippen molar-refractivity contribution in [2.24, 2.45) is 0 Å². The molecule has 2 heterocycles. The Kier molecular flexibility index (Phi) is 6.23. The zero-order chi connectivity index (χ0) is 24.3. The molecule has 174 valence electrons. The lowest BCUT2D eigenvalue weighted by atomic mass is 10.1. The van der Waals surface area contributed by atoms with Crippen molar-refractivity contribution in [2.45, 2.75) is 17.7 Å². The van der Waals surface area contributed by atoms with Crippen molar-refractivity contribution in [3.8, 4) is 5.88 Å². The van der Waals surface area contributed by atoms with Gasteiger partial charge in [-0.3, -0.25) is 24.0 Å². The van der Waals surface area contributed by atoms with Gasteiger partial charge in [-0.1, -0.05) is 6.07 Å². The summed E-state index contributed by atoms with van der Waals surface area (Å²) in [6.07, 6.45) is 2.97. The number of benzene rings is 2. The summed E-state index contributed by atoms with van der Waals surface area (Å²) in [5.41, 5.74) is 0.907. The number of imide groups is 1. The standard InChI is InChI=1S/C22H19N5O6S/c1-33-22-20(23-11-12-24-22)26-34(31,32)17-7-5-15(6-8-17)25-21(30)14-3-2-4-16(13-14)27-18(28)9-10-19(27)29/h2-8,11-13H,9-10H2,1H3,(H,23,26)(H,25,30). The molecule has 1 aliphatic rings. The topological polar surface area (TPSA) is 148 Å². The first-order valence-corrected chi connectivity index (χ1v) is 11.5. The second-order valence-corrected chi connectivity index (χ2v) is 8.85. The van der Waals surface area contributed by atoms with E-state index in [-0.39, 0.29) is 46.8 Å². The fourth-order valence-electron chi connectivity index (χ4n) is 3.30. The van der Waals surface area contributed by atoms with Crippen LogP contribution in [0.3, 0.4) is 0 Å². The SMILES string of the molecule is COc1nccnc1NS(=O)(=O)c1ccc(NC(=O)c2cccc(N3C(=O)CCC3=O)c2)cc1. The van der Waals surface area contributed by atoms with Crippen molar-refractivity contribution in [1.82, 2.24) is 9.97 Å². The van der Waals surface area contributed by atoms with Crippen LogP contribution in [0.15, 0.2) is 65.8 Å². The van der Waals surface area contributed by atoms with E-state index in [0.717, 1.165) is 4.90 Å². The third-order valence-corrected chi connectivity index (χ3v) is 6.28. The molecule has 2 aromatic carbocycles. The molecule has 1 fully saturated rings. The van der Waals surface area contributed by atoms with E-state index in [2.05, 4.69) is 20.0 Å². The van der Waals surface area contributed by atoms with Gasteiger partial charge in [-0.05, 0) is 42.5 Å². The van der Waals surface area contributed by atoms with E-state index in [1.165, 1.54) is 49.8 Å². The van der Waals surface area contributed by atoms with Gasteiger partial charge in [-0.2, -0.15) is 0 Å². The summed E-state index contributed by atoms with van der Waals surface area (Å²) in [7, 11) is -2.64. The van der Waals surface area contributed by atoms with E-state index < -0.39 is 15.9 Å². The predicted molar refractivity (Wildman–Crippen MR) is 122 cm³/mol. The number of rotatable bonds is 7. The lowest BCUT2D eigenvalue weighted by molar-refractivity contribution is -0.121. The smallest absolute Gasteiger partial charge is 0.263 e. The molecule has 34 heavy (non-hydrogen) atoms. The van der Waals surface area contributed by atoms with Gasteiger partial charge < -0.3 is 10.1 Å². The van der Waals surface area contributed by atoms with Crippen LogP contribution in [-0.2, 0) is 19.6 Å².